The van der Waals surface area contributed by atoms with Gasteiger partial charge in [-0.2, -0.15) is 0 Å². The zero-order valence-corrected chi connectivity index (χ0v) is 31.7. The first-order chi connectivity index (χ1) is 23.5. The quantitative estimate of drug-likeness (QED) is 0.0401. The Balaban J connectivity index is 0. The fourth-order valence-corrected chi connectivity index (χ4v) is 5.28. The molecule has 0 heterocycles. The highest BCUT2D eigenvalue weighted by Crippen LogP contribution is 2.13. The van der Waals surface area contributed by atoms with Crippen molar-refractivity contribution in [3.05, 3.63) is 0 Å². The molecule has 11 nitrogen and oxygen atoms in total. The summed E-state index contributed by atoms with van der Waals surface area (Å²) in [5.74, 6) is -4.11. The SMILES string of the molecule is CCCCCCCCCCCCCC(=O)OCCN(CCOC(=O)CCCCCCCCCCCCC)C(=O)CN(C)C.O=C(O)C(=O)O. The maximum Gasteiger partial charge on any atom is 0.414 e. The van der Waals surface area contributed by atoms with Crippen LogP contribution in [0.4, 0.5) is 0 Å². The van der Waals surface area contributed by atoms with E-state index in [0.717, 1.165) is 25.7 Å². The van der Waals surface area contributed by atoms with Gasteiger partial charge in [0.1, 0.15) is 13.2 Å². The van der Waals surface area contributed by atoms with E-state index in [-0.39, 0.29) is 37.6 Å². The molecule has 0 aliphatic carbocycles. The van der Waals surface area contributed by atoms with Gasteiger partial charge < -0.3 is 29.5 Å². The molecule has 0 rings (SSSR count). The normalized spacial score (nSPS) is 10.7. The van der Waals surface area contributed by atoms with Crippen LogP contribution in [0.1, 0.15) is 168 Å². The van der Waals surface area contributed by atoms with Crippen LogP contribution < -0.4 is 0 Å². The van der Waals surface area contributed by atoms with E-state index in [1.807, 2.05) is 19.0 Å². The van der Waals surface area contributed by atoms with E-state index in [0.29, 0.717) is 25.9 Å². The van der Waals surface area contributed by atoms with E-state index in [1.165, 1.54) is 116 Å². The molecule has 0 aliphatic rings. The second kappa shape index (κ2) is 36.6. The van der Waals surface area contributed by atoms with Crippen LogP contribution in [0.5, 0.6) is 0 Å². The summed E-state index contributed by atoms with van der Waals surface area (Å²) in [7, 11) is 3.69. The number of carboxylic acid groups (broad SMARTS) is 2. The van der Waals surface area contributed by atoms with E-state index in [4.69, 9.17) is 29.3 Å². The van der Waals surface area contributed by atoms with E-state index in [2.05, 4.69) is 13.8 Å². The van der Waals surface area contributed by atoms with Gasteiger partial charge in [-0.25, -0.2) is 9.59 Å². The van der Waals surface area contributed by atoms with Crippen molar-refractivity contribution in [2.24, 2.45) is 0 Å². The summed E-state index contributed by atoms with van der Waals surface area (Å²) < 4.78 is 10.8. The number of unbranched alkanes of at least 4 members (excludes halogenated alkanes) is 20. The summed E-state index contributed by atoms with van der Waals surface area (Å²) in [6.07, 6.45) is 28.2. The van der Waals surface area contributed by atoms with E-state index in [1.54, 1.807) is 4.90 Å². The number of carbonyl (C=O) groups excluding carboxylic acids is 3. The summed E-state index contributed by atoms with van der Waals surface area (Å²) in [5.41, 5.74) is 0. The molecule has 0 saturated heterocycles. The van der Waals surface area contributed by atoms with Gasteiger partial charge in [0, 0.05) is 12.8 Å². The fourth-order valence-electron chi connectivity index (χ4n) is 5.28. The van der Waals surface area contributed by atoms with Crippen LogP contribution in [-0.2, 0) is 33.4 Å². The Morgan fingerprint density at radius 3 is 1.02 bits per heavy atom. The Kier molecular flexibility index (Phi) is 36.2. The molecule has 288 valence electrons. The van der Waals surface area contributed by atoms with Crippen LogP contribution in [-0.4, -0.2) is 96.7 Å². The van der Waals surface area contributed by atoms with Gasteiger partial charge in [0.25, 0.3) is 0 Å². The van der Waals surface area contributed by atoms with Crippen molar-refractivity contribution in [1.29, 1.82) is 0 Å². The Morgan fingerprint density at radius 2 is 0.755 bits per heavy atom. The number of esters is 2. The maximum atomic E-state index is 12.7. The smallest absolute Gasteiger partial charge is 0.414 e. The molecule has 0 fully saturated rings. The lowest BCUT2D eigenvalue weighted by atomic mass is 10.1. The first-order valence-corrected chi connectivity index (χ1v) is 19.2. The molecule has 0 aromatic heterocycles. The summed E-state index contributed by atoms with van der Waals surface area (Å²) in [5, 5.41) is 14.8. The molecule has 49 heavy (non-hydrogen) atoms. The van der Waals surface area contributed by atoms with Crippen molar-refractivity contribution in [1.82, 2.24) is 9.80 Å². The summed E-state index contributed by atoms with van der Waals surface area (Å²) in [4.78, 5) is 58.7. The van der Waals surface area contributed by atoms with Crippen molar-refractivity contribution in [3.8, 4) is 0 Å². The maximum absolute atomic E-state index is 12.7. The molecule has 0 saturated carbocycles. The number of amides is 1. The first-order valence-electron chi connectivity index (χ1n) is 19.2. The summed E-state index contributed by atoms with van der Waals surface area (Å²) in [6, 6.07) is 0. The third kappa shape index (κ3) is 38.0. The average Bonchev–Trinajstić information content (AvgIpc) is 3.05. The number of likely N-dealkylation sites (N-methyl/N-ethyl adjacent to an activating group) is 1. The lowest BCUT2D eigenvalue weighted by Crippen LogP contribution is -2.42. The number of nitrogens with zero attached hydrogens (tertiary/aromatic N) is 2. The largest absolute Gasteiger partial charge is 0.473 e. The van der Waals surface area contributed by atoms with Crippen LogP contribution in [0.15, 0.2) is 0 Å². The highest BCUT2D eigenvalue weighted by atomic mass is 16.5. The molecule has 0 aliphatic heterocycles. The molecule has 11 heteroatoms. The molecule has 2 N–H and O–H groups in total. The molecule has 1 amide bonds. The van der Waals surface area contributed by atoms with Gasteiger partial charge in [0.15, 0.2) is 0 Å². The van der Waals surface area contributed by atoms with Crippen LogP contribution in [0.25, 0.3) is 0 Å². The molecule has 0 atom stereocenters. The van der Waals surface area contributed by atoms with Gasteiger partial charge >= 0.3 is 23.9 Å². The predicted octanol–water partition coefficient (Wildman–Crippen LogP) is 8.02. The predicted molar refractivity (Wildman–Crippen MR) is 194 cm³/mol. The Hall–Kier alpha value is -2.69. The number of hydrogen-bond donors (Lipinski definition) is 2. The number of ether oxygens (including phenoxy) is 2. The van der Waals surface area contributed by atoms with Gasteiger partial charge in [-0.3, -0.25) is 14.4 Å². The van der Waals surface area contributed by atoms with Crippen LogP contribution in [0, 0.1) is 0 Å². The third-order valence-electron chi connectivity index (χ3n) is 8.20. The molecular weight excluding hydrogens is 628 g/mol. The molecule has 0 spiro atoms. The van der Waals surface area contributed by atoms with Gasteiger partial charge in [0.05, 0.1) is 19.6 Å². The zero-order chi connectivity index (χ0) is 37.0. The van der Waals surface area contributed by atoms with Gasteiger partial charge in [-0.15, -0.1) is 0 Å². The Morgan fingerprint density at radius 1 is 0.469 bits per heavy atom. The van der Waals surface area contributed by atoms with E-state index < -0.39 is 11.9 Å². The highest BCUT2D eigenvalue weighted by Gasteiger charge is 2.16. The minimum absolute atomic E-state index is 0.0622. The standard InChI is InChI=1S/C36H70N2O5.C2H2O4/c1-5-7-9-11-13-15-17-19-21-23-25-27-35(40)42-31-29-38(34(39)33-37(3)4)30-32-43-36(41)28-26-24-22-20-18-16-14-12-10-8-6-2;3-1(4)2(5)6/h5-33H2,1-4H3;(H,3,4)(H,5,6). The average molecular weight is 701 g/mol. The summed E-state index contributed by atoms with van der Waals surface area (Å²) >= 11 is 0. The number of hydrogen-bond acceptors (Lipinski definition) is 8. The molecule has 0 bridgehead atoms. The Bertz CT molecular complexity index is 780. The molecule has 0 unspecified atom stereocenters. The molecular formula is C38H72N2O9. The van der Waals surface area contributed by atoms with Crippen LogP contribution in [0.2, 0.25) is 0 Å². The monoisotopic (exact) mass is 701 g/mol. The molecule has 0 radical (unpaired) electrons. The lowest BCUT2D eigenvalue weighted by molar-refractivity contribution is -0.159. The fraction of sp³-hybridized carbons (Fsp3) is 0.868. The number of rotatable bonds is 32. The topological polar surface area (TPSA) is 151 Å². The van der Waals surface area contributed by atoms with Gasteiger partial charge in [0.2, 0.25) is 5.91 Å². The first kappa shape index (κ1) is 48.4. The van der Waals surface area contributed by atoms with Crippen LogP contribution >= 0.6 is 0 Å². The van der Waals surface area contributed by atoms with Gasteiger partial charge in [-0.05, 0) is 26.9 Å². The second-order valence-corrected chi connectivity index (χ2v) is 13.2. The molecule has 0 aromatic rings. The van der Waals surface area contributed by atoms with Crippen molar-refractivity contribution in [2.45, 2.75) is 168 Å². The third-order valence-corrected chi connectivity index (χ3v) is 8.20. The van der Waals surface area contributed by atoms with Crippen molar-refractivity contribution in [2.75, 3.05) is 46.9 Å². The van der Waals surface area contributed by atoms with Crippen LogP contribution in [0.3, 0.4) is 0 Å². The zero-order valence-electron chi connectivity index (χ0n) is 31.7. The number of aliphatic carboxylic acids is 2. The van der Waals surface area contributed by atoms with E-state index >= 15 is 0 Å². The van der Waals surface area contributed by atoms with Crippen molar-refractivity contribution in [3.63, 3.8) is 0 Å². The minimum atomic E-state index is -1.82. The molecule has 0 aromatic carbocycles. The van der Waals surface area contributed by atoms with Crippen molar-refractivity contribution >= 4 is 29.8 Å². The van der Waals surface area contributed by atoms with E-state index in [9.17, 15) is 14.4 Å². The van der Waals surface area contributed by atoms with Gasteiger partial charge in [-0.1, -0.05) is 142 Å². The van der Waals surface area contributed by atoms with Crippen molar-refractivity contribution < 1.29 is 43.7 Å². The minimum Gasteiger partial charge on any atom is -0.473 e. The Labute approximate surface area is 297 Å². The number of carboxylic acids is 2. The summed E-state index contributed by atoms with van der Waals surface area (Å²) in [6.45, 7) is 5.73. The number of carbonyl (C=O) groups is 5. The second-order valence-electron chi connectivity index (χ2n) is 13.2. The lowest BCUT2D eigenvalue weighted by Gasteiger charge is -2.24. The highest BCUT2D eigenvalue weighted by molar-refractivity contribution is 6.27.